The van der Waals surface area contributed by atoms with Gasteiger partial charge in [0.2, 0.25) is 5.76 Å². The molecule has 1 saturated heterocycles. The summed E-state index contributed by atoms with van der Waals surface area (Å²) in [7, 11) is 0. The number of aryl methyl sites for hydroxylation is 1. The molecule has 6 heteroatoms. The summed E-state index contributed by atoms with van der Waals surface area (Å²) in [5, 5.41) is 0.525. The SMILES string of the molecule is Cc1ccc2oc3c(c(=O)c2c1)C(c1ccccc1)N(CCN1CCOCC1)C3=O. The number of hydrogen-bond donors (Lipinski definition) is 0. The molecule has 0 spiro atoms. The van der Waals surface area contributed by atoms with Crippen molar-refractivity contribution in [3.05, 3.63) is 81.2 Å². The number of benzene rings is 2. The van der Waals surface area contributed by atoms with Crippen molar-refractivity contribution in [3.63, 3.8) is 0 Å². The standard InChI is InChI=1S/C24H24N2O4/c1-16-7-8-19-18(15-16)22(27)20-21(17-5-3-2-4-6-17)26(24(28)23(20)30-19)10-9-25-11-13-29-14-12-25/h2-8,15,21H,9-14H2,1H3. The third kappa shape index (κ3) is 3.22. The van der Waals surface area contributed by atoms with E-state index in [2.05, 4.69) is 4.90 Å². The molecule has 2 aromatic carbocycles. The minimum Gasteiger partial charge on any atom is -0.450 e. The Kier molecular flexibility index (Phi) is 4.89. The maximum absolute atomic E-state index is 13.5. The number of ether oxygens (including phenoxy) is 1. The molecule has 0 radical (unpaired) electrons. The van der Waals surface area contributed by atoms with Crippen molar-refractivity contribution < 1.29 is 13.9 Å². The van der Waals surface area contributed by atoms with Crippen molar-refractivity contribution in [2.45, 2.75) is 13.0 Å². The second-order valence-electron chi connectivity index (χ2n) is 7.94. The van der Waals surface area contributed by atoms with Crippen LogP contribution >= 0.6 is 0 Å². The van der Waals surface area contributed by atoms with Gasteiger partial charge in [0.15, 0.2) is 5.43 Å². The van der Waals surface area contributed by atoms with E-state index in [1.807, 2.05) is 49.4 Å². The zero-order valence-corrected chi connectivity index (χ0v) is 17.0. The van der Waals surface area contributed by atoms with Crippen LogP contribution in [0.5, 0.6) is 0 Å². The Labute approximate surface area is 174 Å². The average molecular weight is 404 g/mol. The molecule has 3 heterocycles. The number of morpholine rings is 1. The first-order valence-electron chi connectivity index (χ1n) is 10.4. The Morgan fingerprint density at radius 3 is 2.53 bits per heavy atom. The van der Waals surface area contributed by atoms with Crippen LogP contribution < -0.4 is 5.43 Å². The summed E-state index contributed by atoms with van der Waals surface area (Å²) in [6, 6.07) is 14.8. The van der Waals surface area contributed by atoms with Crippen LogP contribution in [0.25, 0.3) is 11.0 Å². The molecule has 154 valence electrons. The second kappa shape index (κ2) is 7.70. The number of fused-ring (bicyclic) bond motifs is 2. The number of carbonyl (C=O) groups is 1. The van der Waals surface area contributed by atoms with Gasteiger partial charge in [0.05, 0.1) is 30.2 Å². The van der Waals surface area contributed by atoms with E-state index in [9.17, 15) is 9.59 Å². The maximum Gasteiger partial charge on any atom is 0.290 e. The molecular weight excluding hydrogens is 380 g/mol. The largest absolute Gasteiger partial charge is 0.450 e. The summed E-state index contributed by atoms with van der Waals surface area (Å²) in [6.07, 6.45) is 0. The molecule has 5 rings (SSSR count). The molecule has 3 aromatic rings. The Hall–Kier alpha value is -2.96. The predicted molar refractivity (Wildman–Crippen MR) is 114 cm³/mol. The lowest BCUT2D eigenvalue weighted by Gasteiger charge is -2.31. The topological polar surface area (TPSA) is 63.0 Å². The van der Waals surface area contributed by atoms with Gasteiger partial charge >= 0.3 is 0 Å². The van der Waals surface area contributed by atoms with Crippen LogP contribution in [0.4, 0.5) is 0 Å². The maximum atomic E-state index is 13.5. The third-order valence-corrected chi connectivity index (χ3v) is 6.00. The zero-order valence-electron chi connectivity index (χ0n) is 17.0. The minimum absolute atomic E-state index is 0.119. The Balaban J connectivity index is 1.60. The average Bonchev–Trinajstić information content (AvgIpc) is 3.06. The van der Waals surface area contributed by atoms with E-state index in [4.69, 9.17) is 9.15 Å². The van der Waals surface area contributed by atoms with Gasteiger partial charge in [-0.25, -0.2) is 0 Å². The van der Waals surface area contributed by atoms with Crippen LogP contribution in [0.15, 0.2) is 57.7 Å². The van der Waals surface area contributed by atoms with E-state index in [0.717, 1.165) is 30.8 Å². The number of nitrogens with zero attached hydrogens (tertiary/aromatic N) is 2. The van der Waals surface area contributed by atoms with Crippen LogP contribution in [-0.4, -0.2) is 55.1 Å². The van der Waals surface area contributed by atoms with Crippen LogP contribution in [0.2, 0.25) is 0 Å². The highest BCUT2D eigenvalue weighted by atomic mass is 16.5. The van der Waals surface area contributed by atoms with Crippen molar-refractivity contribution in [1.82, 2.24) is 9.80 Å². The van der Waals surface area contributed by atoms with E-state index in [0.29, 0.717) is 36.3 Å². The molecule has 0 aliphatic carbocycles. The van der Waals surface area contributed by atoms with Crippen molar-refractivity contribution in [2.75, 3.05) is 39.4 Å². The van der Waals surface area contributed by atoms with Gasteiger partial charge in [-0.3, -0.25) is 14.5 Å². The molecule has 30 heavy (non-hydrogen) atoms. The van der Waals surface area contributed by atoms with Crippen molar-refractivity contribution in [1.29, 1.82) is 0 Å². The monoisotopic (exact) mass is 404 g/mol. The first kappa shape index (κ1) is 19.0. The number of rotatable bonds is 4. The van der Waals surface area contributed by atoms with Gasteiger partial charge in [-0.2, -0.15) is 0 Å². The highest BCUT2D eigenvalue weighted by Gasteiger charge is 2.42. The normalized spacial score (nSPS) is 19.4. The summed E-state index contributed by atoms with van der Waals surface area (Å²) in [5.74, 6) is -0.0427. The lowest BCUT2D eigenvalue weighted by Crippen LogP contribution is -2.42. The number of hydrogen-bond acceptors (Lipinski definition) is 5. The first-order valence-corrected chi connectivity index (χ1v) is 10.4. The first-order chi connectivity index (χ1) is 14.6. The molecule has 1 unspecified atom stereocenters. The fourth-order valence-corrected chi connectivity index (χ4v) is 4.42. The van der Waals surface area contributed by atoms with Gasteiger partial charge in [-0.15, -0.1) is 0 Å². The summed E-state index contributed by atoms with van der Waals surface area (Å²) in [4.78, 5) is 30.9. The zero-order chi connectivity index (χ0) is 20.7. The highest BCUT2D eigenvalue weighted by Crippen LogP contribution is 2.37. The van der Waals surface area contributed by atoms with E-state index in [-0.39, 0.29) is 17.1 Å². The molecule has 0 N–H and O–H groups in total. The van der Waals surface area contributed by atoms with Crippen LogP contribution in [0.3, 0.4) is 0 Å². The molecule has 2 aliphatic rings. The lowest BCUT2D eigenvalue weighted by atomic mass is 9.98. The predicted octanol–water partition coefficient (Wildman–Crippen LogP) is 2.98. The fourth-order valence-electron chi connectivity index (χ4n) is 4.42. The molecule has 1 atom stereocenters. The summed E-state index contributed by atoms with van der Waals surface area (Å²) in [6.45, 7) is 6.33. The molecule has 1 aromatic heterocycles. The van der Waals surface area contributed by atoms with Gasteiger partial charge < -0.3 is 14.1 Å². The van der Waals surface area contributed by atoms with E-state index in [1.54, 1.807) is 11.0 Å². The van der Waals surface area contributed by atoms with Crippen LogP contribution in [0.1, 0.15) is 33.3 Å². The Morgan fingerprint density at radius 2 is 1.77 bits per heavy atom. The van der Waals surface area contributed by atoms with Gasteiger partial charge in [0, 0.05) is 26.2 Å². The van der Waals surface area contributed by atoms with Crippen molar-refractivity contribution >= 4 is 16.9 Å². The minimum atomic E-state index is -0.434. The van der Waals surface area contributed by atoms with Gasteiger partial charge in [-0.1, -0.05) is 42.0 Å². The summed E-state index contributed by atoms with van der Waals surface area (Å²) >= 11 is 0. The second-order valence-corrected chi connectivity index (χ2v) is 7.94. The highest BCUT2D eigenvalue weighted by molar-refractivity contribution is 5.99. The Bertz CT molecular complexity index is 1150. The van der Waals surface area contributed by atoms with Gasteiger partial charge in [0.25, 0.3) is 5.91 Å². The summed E-state index contributed by atoms with van der Waals surface area (Å²) in [5.41, 5.74) is 2.70. The Morgan fingerprint density at radius 1 is 1.00 bits per heavy atom. The van der Waals surface area contributed by atoms with Gasteiger partial charge in [-0.05, 0) is 24.6 Å². The molecule has 2 aliphatic heterocycles. The molecule has 1 fully saturated rings. The molecule has 0 saturated carbocycles. The lowest BCUT2D eigenvalue weighted by molar-refractivity contribution is 0.0314. The molecule has 6 nitrogen and oxygen atoms in total. The molecule has 0 bridgehead atoms. The quantitative estimate of drug-likeness (QED) is 0.669. The number of amides is 1. The van der Waals surface area contributed by atoms with Crippen LogP contribution in [0, 0.1) is 6.92 Å². The smallest absolute Gasteiger partial charge is 0.290 e. The van der Waals surface area contributed by atoms with E-state index >= 15 is 0 Å². The van der Waals surface area contributed by atoms with Crippen LogP contribution in [-0.2, 0) is 4.74 Å². The summed E-state index contributed by atoms with van der Waals surface area (Å²) < 4.78 is 11.4. The third-order valence-electron chi connectivity index (χ3n) is 6.00. The van der Waals surface area contributed by atoms with Gasteiger partial charge in [0.1, 0.15) is 5.58 Å². The number of carbonyl (C=O) groups excluding carboxylic acids is 1. The van der Waals surface area contributed by atoms with E-state index in [1.165, 1.54) is 0 Å². The molecular formula is C24H24N2O4. The fraction of sp³-hybridized carbons (Fsp3) is 0.333. The molecule has 1 amide bonds. The van der Waals surface area contributed by atoms with Crippen molar-refractivity contribution in [3.8, 4) is 0 Å². The van der Waals surface area contributed by atoms with Crippen molar-refractivity contribution in [2.24, 2.45) is 0 Å². The van der Waals surface area contributed by atoms with E-state index < -0.39 is 6.04 Å².